The Hall–Kier alpha value is -2.61. The molecular weight excluding hydrogens is 419 g/mol. The summed E-state index contributed by atoms with van der Waals surface area (Å²) < 4.78 is 5.77. The van der Waals surface area contributed by atoms with Crippen LogP contribution in [0, 0.1) is 6.92 Å². The quantitative estimate of drug-likeness (QED) is 0.435. The van der Waals surface area contributed by atoms with E-state index in [0.717, 1.165) is 22.5 Å². The number of aromatic nitrogens is 1. The Kier molecular flexibility index (Phi) is 6.51. The first-order valence-corrected chi connectivity index (χ1v) is 9.72. The van der Waals surface area contributed by atoms with Gasteiger partial charge in [-0.3, -0.25) is 4.79 Å². The zero-order valence-electron chi connectivity index (χ0n) is 14.8. The summed E-state index contributed by atoms with van der Waals surface area (Å²) in [6.45, 7) is 2.03. The van der Waals surface area contributed by atoms with Crippen LogP contribution in [0.3, 0.4) is 0 Å². The number of carbonyl (C=O) groups is 1. The van der Waals surface area contributed by atoms with Crippen molar-refractivity contribution in [1.82, 2.24) is 10.4 Å². The molecule has 9 heteroatoms. The zero-order valence-corrected chi connectivity index (χ0v) is 17.1. The molecule has 6 nitrogen and oxygen atoms in total. The van der Waals surface area contributed by atoms with E-state index in [1.165, 1.54) is 6.21 Å². The molecule has 0 spiro atoms. The van der Waals surface area contributed by atoms with Crippen molar-refractivity contribution in [2.45, 2.75) is 13.5 Å². The molecule has 0 fully saturated rings. The summed E-state index contributed by atoms with van der Waals surface area (Å²) in [6, 6.07) is 12.5. The van der Waals surface area contributed by atoms with Crippen LogP contribution in [0.5, 0.6) is 5.75 Å². The molecule has 0 aliphatic heterocycles. The highest BCUT2D eigenvalue weighted by atomic mass is 35.5. The number of nitrogens with zero attached hydrogens (tertiary/aromatic N) is 2. The van der Waals surface area contributed by atoms with E-state index in [2.05, 4.69) is 15.5 Å². The van der Waals surface area contributed by atoms with E-state index in [0.29, 0.717) is 38.1 Å². The number of ether oxygens (including phenoxy) is 1. The number of thiazole rings is 1. The summed E-state index contributed by atoms with van der Waals surface area (Å²) in [7, 11) is 0. The van der Waals surface area contributed by atoms with Crippen molar-refractivity contribution >= 4 is 51.8 Å². The molecule has 0 unspecified atom stereocenters. The fourth-order valence-corrected chi connectivity index (χ4v) is 3.52. The molecule has 0 atom stereocenters. The first-order chi connectivity index (χ1) is 13.4. The van der Waals surface area contributed by atoms with Gasteiger partial charge in [0.1, 0.15) is 17.2 Å². The number of rotatable bonds is 6. The van der Waals surface area contributed by atoms with Gasteiger partial charge in [-0.2, -0.15) is 5.10 Å². The molecular formula is C19H16Cl2N4O2S. The summed E-state index contributed by atoms with van der Waals surface area (Å²) in [5.41, 5.74) is 10.2. The normalized spacial score (nSPS) is 11.0. The van der Waals surface area contributed by atoms with Crippen LogP contribution in [0.15, 0.2) is 47.6 Å². The second kappa shape index (κ2) is 9.05. The van der Waals surface area contributed by atoms with Crippen LogP contribution in [-0.4, -0.2) is 17.1 Å². The van der Waals surface area contributed by atoms with Crippen molar-refractivity contribution in [1.29, 1.82) is 0 Å². The topological polar surface area (TPSA) is 89.6 Å². The minimum absolute atomic E-state index is 0.305. The number of benzene rings is 2. The molecule has 0 saturated carbocycles. The summed E-state index contributed by atoms with van der Waals surface area (Å²) in [6.07, 6.45) is 1.53. The van der Waals surface area contributed by atoms with Gasteiger partial charge in [-0.15, -0.1) is 0 Å². The van der Waals surface area contributed by atoms with Gasteiger partial charge in [0, 0.05) is 15.6 Å². The number of hydrogen-bond donors (Lipinski definition) is 2. The smallest absolute Gasteiger partial charge is 0.283 e. The van der Waals surface area contributed by atoms with Gasteiger partial charge in [0.2, 0.25) is 0 Å². The molecule has 1 heterocycles. The second-order valence-corrected chi connectivity index (χ2v) is 7.64. The predicted octanol–water partition coefficient (Wildman–Crippen LogP) is 4.68. The number of hydrogen-bond acceptors (Lipinski definition) is 6. The number of hydrazone groups is 1. The molecule has 2 aromatic carbocycles. The minimum atomic E-state index is -0.354. The van der Waals surface area contributed by atoms with Crippen LogP contribution >= 0.6 is 34.5 Å². The fraction of sp³-hybridized carbons (Fsp3) is 0.105. The molecule has 3 aromatic rings. The third kappa shape index (κ3) is 5.22. The van der Waals surface area contributed by atoms with Crippen LogP contribution < -0.4 is 15.9 Å². The van der Waals surface area contributed by atoms with Crippen LogP contribution in [0.25, 0.3) is 0 Å². The number of nitrogens with two attached hydrogens (primary N) is 1. The minimum Gasteiger partial charge on any atom is -0.489 e. The number of carbonyl (C=O) groups excluding carboxylic acids is 1. The zero-order chi connectivity index (χ0) is 20.1. The van der Waals surface area contributed by atoms with E-state index in [1.54, 1.807) is 25.1 Å². The Morgan fingerprint density at radius 1 is 1.32 bits per heavy atom. The maximum absolute atomic E-state index is 12.1. The van der Waals surface area contributed by atoms with Gasteiger partial charge in [-0.1, -0.05) is 52.7 Å². The molecule has 0 radical (unpaired) electrons. The second-order valence-electron chi connectivity index (χ2n) is 5.76. The lowest BCUT2D eigenvalue weighted by Gasteiger charge is -2.08. The van der Waals surface area contributed by atoms with E-state index in [4.69, 9.17) is 33.7 Å². The molecule has 0 bridgehead atoms. The Balaban J connectivity index is 1.60. The van der Waals surface area contributed by atoms with Crippen molar-refractivity contribution < 1.29 is 9.53 Å². The van der Waals surface area contributed by atoms with Crippen molar-refractivity contribution in [3.8, 4) is 5.75 Å². The highest BCUT2D eigenvalue weighted by molar-refractivity contribution is 7.17. The van der Waals surface area contributed by atoms with Crippen LogP contribution in [0.4, 0.5) is 5.13 Å². The predicted molar refractivity (Wildman–Crippen MR) is 114 cm³/mol. The number of aryl methyl sites for hydroxylation is 1. The first-order valence-electron chi connectivity index (χ1n) is 8.15. The monoisotopic (exact) mass is 434 g/mol. The van der Waals surface area contributed by atoms with Crippen LogP contribution in [0.2, 0.25) is 10.0 Å². The Morgan fingerprint density at radius 3 is 2.86 bits per heavy atom. The largest absolute Gasteiger partial charge is 0.489 e. The van der Waals surface area contributed by atoms with Crippen molar-refractivity contribution in [3.63, 3.8) is 0 Å². The Labute approximate surface area is 176 Å². The number of amides is 1. The summed E-state index contributed by atoms with van der Waals surface area (Å²) in [5.74, 6) is 0.292. The number of anilines is 1. The van der Waals surface area contributed by atoms with E-state index in [9.17, 15) is 4.79 Å². The fourth-order valence-electron chi connectivity index (χ4n) is 2.33. The maximum Gasteiger partial charge on any atom is 0.283 e. The SMILES string of the molecule is Cc1nc(N)sc1C(=O)NN=Cc1cccc(OCc2ccc(Cl)cc2Cl)c1. The number of nitrogen functional groups attached to an aromatic ring is 1. The molecule has 28 heavy (non-hydrogen) atoms. The van der Waals surface area contributed by atoms with Crippen molar-refractivity contribution in [2.75, 3.05) is 5.73 Å². The molecule has 0 saturated heterocycles. The molecule has 1 amide bonds. The molecule has 3 N–H and O–H groups in total. The average Bonchev–Trinajstić information content (AvgIpc) is 2.99. The third-order valence-corrected chi connectivity index (χ3v) is 5.24. The number of halogens is 2. The summed E-state index contributed by atoms with van der Waals surface area (Å²) in [4.78, 5) is 16.5. The van der Waals surface area contributed by atoms with Crippen molar-refractivity contribution in [3.05, 3.63) is 74.2 Å². The third-order valence-electron chi connectivity index (χ3n) is 3.67. The van der Waals surface area contributed by atoms with E-state index in [1.807, 2.05) is 24.3 Å². The van der Waals surface area contributed by atoms with Gasteiger partial charge in [0.15, 0.2) is 5.13 Å². The molecule has 1 aromatic heterocycles. The van der Waals surface area contributed by atoms with E-state index >= 15 is 0 Å². The lowest BCUT2D eigenvalue weighted by Crippen LogP contribution is -2.17. The number of nitrogens with one attached hydrogen (secondary N) is 1. The van der Waals surface area contributed by atoms with Crippen LogP contribution in [0.1, 0.15) is 26.5 Å². The molecule has 144 valence electrons. The summed E-state index contributed by atoms with van der Waals surface area (Å²) >= 11 is 13.2. The highest BCUT2D eigenvalue weighted by Gasteiger charge is 2.13. The van der Waals surface area contributed by atoms with Gasteiger partial charge in [-0.25, -0.2) is 10.4 Å². The Morgan fingerprint density at radius 2 is 2.14 bits per heavy atom. The lowest BCUT2D eigenvalue weighted by molar-refractivity contribution is 0.0958. The molecule has 0 aliphatic rings. The van der Waals surface area contributed by atoms with Gasteiger partial charge in [-0.05, 0) is 36.8 Å². The van der Waals surface area contributed by atoms with Gasteiger partial charge >= 0.3 is 0 Å². The molecule has 0 aliphatic carbocycles. The van der Waals surface area contributed by atoms with Gasteiger partial charge < -0.3 is 10.5 Å². The first kappa shape index (κ1) is 20.1. The molecule has 3 rings (SSSR count). The van der Waals surface area contributed by atoms with E-state index in [-0.39, 0.29) is 5.91 Å². The van der Waals surface area contributed by atoms with Crippen molar-refractivity contribution in [2.24, 2.45) is 5.10 Å². The van der Waals surface area contributed by atoms with Crippen LogP contribution in [-0.2, 0) is 6.61 Å². The Bertz CT molecular complexity index is 1040. The standard InChI is InChI=1S/C19H16Cl2N4O2S/c1-11-17(28-19(22)24-11)18(26)25-23-9-12-3-2-4-15(7-12)27-10-13-5-6-14(20)8-16(13)21/h2-9H,10H2,1H3,(H2,22,24)(H,25,26). The maximum atomic E-state index is 12.1. The lowest BCUT2D eigenvalue weighted by atomic mass is 10.2. The average molecular weight is 435 g/mol. The van der Waals surface area contributed by atoms with Gasteiger partial charge in [0.05, 0.1) is 11.9 Å². The van der Waals surface area contributed by atoms with E-state index < -0.39 is 0 Å². The highest BCUT2D eigenvalue weighted by Crippen LogP contribution is 2.23. The summed E-state index contributed by atoms with van der Waals surface area (Å²) in [5, 5.41) is 5.44. The van der Waals surface area contributed by atoms with Gasteiger partial charge in [0.25, 0.3) is 5.91 Å².